The highest BCUT2D eigenvalue weighted by molar-refractivity contribution is 7.91. The molecule has 36 heavy (non-hydrogen) atoms. The first kappa shape index (κ1) is 31.6. The SMILES string of the molecule is Cc1ccc(S(=O)(=O)c2ccc(Cl)cc2)cc1.Clc1ccccc1.O.O=S(=O)(O)c1ccc(Cl)cc1. The third-order valence-electron chi connectivity index (χ3n) is 4.30. The molecule has 4 aromatic carbocycles. The van der Waals surface area contributed by atoms with Gasteiger partial charge in [-0.15, -0.1) is 0 Å². The summed E-state index contributed by atoms with van der Waals surface area (Å²) in [6, 6.07) is 27.6. The lowest BCUT2D eigenvalue weighted by molar-refractivity contribution is 0.483. The smallest absolute Gasteiger partial charge is 0.294 e. The topological polar surface area (TPSA) is 120 Å². The van der Waals surface area contributed by atoms with Crippen LogP contribution in [0.2, 0.25) is 15.1 Å². The zero-order valence-corrected chi connectivity index (χ0v) is 22.7. The monoisotopic (exact) mass is 588 g/mol. The molecule has 0 radical (unpaired) electrons. The lowest BCUT2D eigenvalue weighted by atomic mass is 10.2. The van der Waals surface area contributed by atoms with Crippen molar-refractivity contribution in [3.05, 3.63) is 124 Å². The van der Waals surface area contributed by atoms with Gasteiger partial charge in [-0.2, -0.15) is 8.42 Å². The average molecular weight is 590 g/mol. The summed E-state index contributed by atoms with van der Waals surface area (Å²) in [5.74, 6) is 0. The zero-order chi connectivity index (χ0) is 26.1. The molecule has 0 atom stereocenters. The van der Waals surface area contributed by atoms with Gasteiger partial charge in [-0.25, -0.2) is 8.42 Å². The Balaban J connectivity index is 0.000000293. The number of aryl methyl sites for hydroxylation is 1. The van der Waals surface area contributed by atoms with E-state index in [4.69, 9.17) is 39.4 Å². The van der Waals surface area contributed by atoms with Crippen LogP contribution in [-0.2, 0) is 20.0 Å². The van der Waals surface area contributed by atoms with E-state index in [1.54, 1.807) is 36.4 Å². The van der Waals surface area contributed by atoms with Crippen molar-refractivity contribution in [1.29, 1.82) is 0 Å². The van der Waals surface area contributed by atoms with E-state index in [9.17, 15) is 16.8 Å². The fourth-order valence-corrected chi connectivity index (χ4v) is 4.63. The summed E-state index contributed by atoms with van der Waals surface area (Å²) in [5, 5.41) is 1.74. The molecule has 0 aromatic heterocycles. The Kier molecular flexibility index (Phi) is 12.6. The van der Waals surface area contributed by atoms with Crippen molar-refractivity contribution in [3.8, 4) is 0 Å². The molecular weight excluding hydrogens is 567 g/mol. The second-order valence-corrected chi connectivity index (χ2v) is 11.7. The number of halogens is 3. The fourth-order valence-electron chi connectivity index (χ4n) is 2.49. The number of benzene rings is 4. The third kappa shape index (κ3) is 10.3. The van der Waals surface area contributed by atoms with Gasteiger partial charge in [0.25, 0.3) is 10.1 Å². The van der Waals surface area contributed by atoms with E-state index < -0.39 is 20.0 Å². The van der Waals surface area contributed by atoms with Gasteiger partial charge in [-0.05, 0) is 79.7 Å². The Morgan fingerprint density at radius 1 is 0.528 bits per heavy atom. The van der Waals surface area contributed by atoms with Crippen LogP contribution in [0.15, 0.2) is 118 Å². The van der Waals surface area contributed by atoms with Crippen LogP contribution in [-0.4, -0.2) is 26.9 Å². The van der Waals surface area contributed by atoms with Gasteiger partial charge in [-0.3, -0.25) is 4.55 Å². The van der Waals surface area contributed by atoms with Crippen LogP contribution in [0.4, 0.5) is 0 Å². The van der Waals surface area contributed by atoms with Gasteiger partial charge < -0.3 is 5.48 Å². The van der Waals surface area contributed by atoms with Gasteiger partial charge >= 0.3 is 0 Å². The summed E-state index contributed by atoms with van der Waals surface area (Å²) >= 11 is 16.8. The van der Waals surface area contributed by atoms with Gasteiger partial charge in [0.2, 0.25) is 9.84 Å². The number of rotatable bonds is 3. The Labute approximate surface area is 226 Å². The van der Waals surface area contributed by atoms with Gasteiger partial charge in [0.05, 0.1) is 14.7 Å². The van der Waals surface area contributed by atoms with Crippen molar-refractivity contribution < 1.29 is 26.9 Å². The molecule has 0 saturated heterocycles. The molecule has 0 unspecified atom stereocenters. The van der Waals surface area contributed by atoms with Crippen molar-refractivity contribution in [2.24, 2.45) is 0 Å². The Morgan fingerprint density at radius 3 is 1.19 bits per heavy atom. The minimum absolute atomic E-state index is 0. The normalized spacial score (nSPS) is 10.6. The molecule has 0 spiro atoms. The van der Waals surface area contributed by atoms with Gasteiger partial charge in [-0.1, -0.05) is 70.7 Å². The molecule has 0 aliphatic rings. The highest BCUT2D eigenvalue weighted by atomic mass is 35.5. The van der Waals surface area contributed by atoms with Crippen molar-refractivity contribution >= 4 is 54.8 Å². The molecule has 3 N–H and O–H groups in total. The van der Waals surface area contributed by atoms with Gasteiger partial charge in [0.15, 0.2) is 0 Å². The van der Waals surface area contributed by atoms with Crippen LogP contribution >= 0.6 is 34.8 Å². The van der Waals surface area contributed by atoms with Crippen LogP contribution in [0.1, 0.15) is 5.56 Å². The van der Waals surface area contributed by atoms with E-state index in [0.717, 1.165) is 10.6 Å². The van der Waals surface area contributed by atoms with E-state index in [1.165, 1.54) is 36.4 Å². The highest BCUT2D eigenvalue weighted by Gasteiger charge is 2.16. The molecule has 11 heteroatoms. The second-order valence-electron chi connectivity index (χ2n) is 6.99. The first-order valence-electron chi connectivity index (χ1n) is 9.90. The molecule has 4 aromatic rings. The lowest BCUT2D eigenvalue weighted by Crippen LogP contribution is -2.01. The Hall–Kier alpha value is -2.43. The van der Waals surface area contributed by atoms with Crippen LogP contribution < -0.4 is 0 Å². The Morgan fingerprint density at radius 2 is 0.861 bits per heavy atom. The van der Waals surface area contributed by atoms with E-state index in [1.807, 2.05) is 37.3 Å². The van der Waals surface area contributed by atoms with E-state index >= 15 is 0 Å². The molecule has 0 aliphatic heterocycles. The first-order chi connectivity index (χ1) is 16.4. The molecule has 0 bridgehead atoms. The quantitative estimate of drug-likeness (QED) is 0.271. The second kappa shape index (κ2) is 14.3. The number of hydrogen-bond donors (Lipinski definition) is 1. The predicted molar refractivity (Wildman–Crippen MR) is 144 cm³/mol. The molecule has 0 amide bonds. The molecule has 0 fully saturated rings. The summed E-state index contributed by atoms with van der Waals surface area (Å²) < 4.78 is 53.8. The molecule has 0 aliphatic carbocycles. The van der Waals surface area contributed by atoms with Crippen LogP contribution in [0, 0.1) is 6.92 Å². The maximum absolute atomic E-state index is 12.2. The third-order valence-corrected chi connectivity index (χ3v) is 7.71. The Bertz CT molecular complexity index is 1370. The van der Waals surface area contributed by atoms with Crippen LogP contribution in [0.5, 0.6) is 0 Å². The zero-order valence-electron chi connectivity index (χ0n) is 18.8. The fraction of sp³-hybridized carbons (Fsp3) is 0.0400. The van der Waals surface area contributed by atoms with Gasteiger partial charge in [0.1, 0.15) is 0 Å². The van der Waals surface area contributed by atoms with Crippen molar-refractivity contribution in [2.45, 2.75) is 21.6 Å². The van der Waals surface area contributed by atoms with Crippen LogP contribution in [0.25, 0.3) is 0 Å². The molecule has 0 saturated carbocycles. The molecule has 4 rings (SSSR count). The van der Waals surface area contributed by atoms with E-state index in [-0.39, 0.29) is 15.3 Å². The predicted octanol–water partition coefficient (Wildman–Crippen LogP) is 6.58. The average Bonchev–Trinajstić information content (AvgIpc) is 2.81. The lowest BCUT2D eigenvalue weighted by Gasteiger charge is -2.04. The van der Waals surface area contributed by atoms with E-state index in [0.29, 0.717) is 14.9 Å². The summed E-state index contributed by atoms with van der Waals surface area (Å²) in [6.07, 6.45) is 0. The summed E-state index contributed by atoms with van der Waals surface area (Å²) in [7, 11) is -7.51. The molecular formula is C25H23Cl3O6S2. The van der Waals surface area contributed by atoms with Crippen LogP contribution in [0.3, 0.4) is 0 Å². The van der Waals surface area contributed by atoms with Crippen molar-refractivity contribution in [2.75, 3.05) is 0 Å². The summed E-state index contributed by atoms with van der Waals surface area (Å²) in [5.41, 5.74) is 1.03. The van der Waals surface area contributed by atoms with Crippen molar-refractivity contribution in [3.63, 3.8) is 0 Å². The van der Waals surface area contributed by atoms with Gasteiger partial charge in [0, 0.05) is 15.1 Å². The molecule has 192 valence electrons. The summed E-state index contributed by atoms with van der Waals surface area (Å²) in [6.45, 7) is 1.92. The van der Waals surface area contributed by atoms with E-state index in [2.05, 4.69) is 0 Å². The number of sulfone groups is 1. The molecule has 0 heterocycles. The standard InChI is InChI=1S/C13H11ClO2S.C6H5ClO3S.C6H5Cl.H2O/c1-10-2-6-12(7-3-10)17(15,16)13-8-4-11(14)5-9-13;7-5-1-3-6(4-2-5)11(8,9)10;7-6-4-2-1-3-5-6;/h2-9H,1H3;1-4H,(H,8,9,10);1-5H;1H2. The van der Waals surface area contributed by atoms with Crippen molar-refractivity contribution in [1.82, 2.24) is 0 Å². The minimum atomic E-state index is -4.08. The maximum Gasteiger partial charge on any atom is 0.294 e. The first-order valence-corrected chi connectivity index (χ1v) is 14.0. The summed E-state index contributed by atoms with van der Waals surface area (Å²) in [4.78, 5) is 0.401. The maximum atomic E-state index is 12.2. The largest absolute Gasteiger partial charge is 0.412 e. The molecule has 6 nitrogen and oxygen atoms in total. The number of hydrogen-bond acceptors (Lipinski definition) is 4. The minimum Gasteiger partial charge on any atom is -0.412 e. The highest BCUT2D eigenvalue weighted by Crippen LogP contribution is 2.22.